The molecule has 37 heavy (non-hydrogen) atoms. The molecule has 0 spiro atoms. The predicted octanol–water partition coefficient (Wildman–Crippen LogP) is 4.87. The van der Waals surface area contributed by atoms with Crippen molar-refractivity contribution < 1.29 is 32.3 Å². The summed E-state index contributed by atoms with van der Waals surface area (Å²) < 4.78 is 45.6. The SMILES string of the molecule is O=C(NCc1ccc(F)cc1)c1cc(Br)cc(N2CCN(c3ccncc3)CC2)c1.O=C(O)C(F)(F)F. The standard InChI is InChI=1S/C23H22BrFN4O.C2HF3O2/c24-19-13-18(23(30)27-16-17-1-3-20(25)4-2-17)14-22(15-19)29-11-9-28(10-12-29)21-5-7-26-8-6-21;3-2(4,5)1(6)7/h1-8,13-15H,9-12,16H2,(H,27,30);(H,6,7). The van der Waals surface area contributed by atoms with Gasteiger partial charge in [-0.3, -0.25) is 9.78 Å². The van der Waals surface area contributed by atoms with E-state index in [0.29, 0.717) is 12.1 Å². The molecule has 1 aliphatic heterocycles. The number of hydrogen-bond donors (Lipinski definition) is 2. The van der Waals surface area contributed by atoms with Gasteiger partial charge in [-0.1, -0.05) is 28.1 Å². The quantitative estimate of drug-likeness (QED) is 0.417. The molecule has 2 heterocycles. The third kappa shape index (κ3) is 8.45. The normalized spacial score (nSPS) is 13.4. The molecule has 0 saturated carbocycles. The molecule has 3 aromatic rings. The number of halogens is 5. The van der Waals surface area contributed by atoms with E-state index in [-0.39, 0.29) is 11.7 Å². The van der Waals surface area contributed by atoms with Crippen molar-refractivity contribution in [1.29, 1.82) is 0 Å². The first-order valence-electron chi connectivity index (χ1n) is 11.1. The maximum atomic E-state index is 13.0. The van der Waals surface area contributed by atoms with Gasteiger partial charge in [0.1, 0.15) is 5.82 Å². The van der Waals surface area contributed by atoms with Gasteiger partial charge in [0.15, 0.2) is 0 Å². The first-order valence-corrected chi connectivity index (χ1v) is 11.9. The van der Waals surface area contributed by atoms with Crippen molar-refractivity contribution in [3.05, 3.63) is 88.4 Å². The number of carbonyl (C=O) groups is 2. The minimum Gasteiger partial charge on any atom is -0.475 e. The number of rotatable bonds is 5. The molecule has 2 N–H and O–H groups in total. The topological polar surface area (TPSA) is 85.8 Å². The third-order valence-corrected chi connectivity index (χ3v) is 5.88. The van der Waals surface area contributed by atoms with Crippen LogP contribution >= 0.6 is 15.9 Å². The zero-order valence-electron chi connectivity index (χ0n) is 19.4. The van der Waals surface area contributed by atoms with Crippen molar-refractivity contribution in [3.8, 4) is 0 Å². The number of benzene rings is 2. The van der Waals surface area contributed by atoms with Gasteiger partial charge in [0, 0.05) is 66.5 Å². The molecule has 1 amide bonds. The molecule has 2 aromatic carbocycles. The first-order chi connectivity index (χ1) is 17.5. The predicted molar refractivity (Wildman–Crippen MR) is 134 cm³/mol. The Balaban J connectivity index is 0.000000479. The maximum Gasteiger partial charge on any atom is 0.490 e. The van der Waals surface area contributed by atoms with E-state index < -0.39 is 12.1 Å². The molecular weight excluding hydrogens is 560 g/mol. The zero-order chi connectivity index (χ0) is 27.0. The Morgan fingerprint density at radius 2 is 1.46 bits per heavy atom. The molecular formula is C25H23BrF4N4O3. The van der Waals surface area contributed by atoms with Crippen molar-refractivity contribution in [2.24, 2.45) is 0 Å². The lowest BCUT2D eigenvalue weighted by Gasteiger charge is -2.37. The fraction of sp³-hybridized carbons (Fsp3) is 0.240. The number of carboxylic acid groups (broad SMARTS) is 1. The number of nitrogens with one attached hydrogen (secondary N) is 1. The molecule has 0 bridgehead atoms. The van der Waals surface area contributed by atoms with Gasteiger partial charge >= 0.3 is 12.1 Å². The minimum absolute atomic E-state index is 0.155. The Morgan fingerprint density at radius 3 is 2.00 bits per heavy atom. The van der Waals surface area contributed by atoms with E-state index in [1.54, 1.807) is 12.1 Å². The summed E-state index contributed by atoms with van der Waals surface area (Å²) >= 11 is 3.53. The lowest BCUT2D eigenvalue weighted by atomic mass is 10.1. The largest absolute Gasteiger partial charge is 0.490 e. The Morgan fingerprint density at radius 1 is 0.919 bits per heavy atom. The average molecular weight is 583 g/mol. The van der Waals surface area contributed by atoms with Crippen LogP contribution in [-0.2, 0) is 11.3 Å². The number of nitrogens with zero attached hydrogens (tertiary/aromatic N) is 3. The second-order valence-electron chi connectivity index (χ2n) is 7.99. The van der Waals surface area contributed by atoms with Crippen LogP contribution in [0.2, 0.25) is 0 Å². The van der Waals surface area contributed by atoms with E-state index >= 15 is 0 Å². The number of carbonyl (C=O) groups excluding carboxylic acids is 1. The second-order valence-corrected chi connectivity index (χ2v) is 8.91. The number of aromatic nitrogens is 1. The number of anilines is 2. The second kappa shape index (κ2) is 12.5. The highest BCUT2D eigenvalue weighted by Gasteiger charge is 2.38. The first kappa shape index (κ1) is 27.9. The van der Waals surface area contributed by atoms with Gasteiger partial charge in [-0.15, -0.1) is 0 Å². The maximum absolute atomic E-state index is 13.0. The van der Waals surface area contributed by atoms with Gasteiger partial charge in [0.2, 0.25) is 0 Å². The van der Waals surface area contributed by atoms with Crippen LogP contribution in [0.15, 0.2) is 71.5 Å². The summed E-state index contributed by atoms with van der Waals surface area (Å²) in [6, 6.07) is 16.0. The number of carboxylic acids is 1. The molecule has 4 rings (SSSR count). The monoisotopic (exact) mass is 582 g/mol. The van der Waals surface area contributed by atoms with Crippen LogP contribution in [0.3, 0.4) is 0 Å². The van der Waals surface area contributed by atoms with Gasteiger partial charge < -0.3 is 20.2 Å². The van der Waals surface area contributed by atoms with E-state index in [9.17, 15) is 22.4 Å². The number of piperazine rings is 1. The van der Waals surface area contributed by atoms with Gasteiger partial charge in [-0.05, 0) is 48.0 Å². The number of aliphatic carboxylic acids is 1. The van der Waals surface area contributed by atoms with Crippen molar-refractivity contribution in [3.63, 3.8) is 0 Å². The molecule has 1 aliphatic rings. The van der Waals surface area contributed by atoms with Crippen LogP contribution in [0.5, 0.6) is 0 Å². The van der Waals surface area contributed by atoms with E-state index in [4.69, 9.17) is 9.90 Å². The zero-order valence-corrected chi connectivity index (χ0v) is 21.0. The highest BCUT2D eigenvalue weighted by atomic mass is 79.9. The summed E-state index contributed by atoms with van der Waals surface area (Å²) in [6.07, 6.45) is -1.46. The Kier molecular flexibility index (Phi) is 9.45. The number of hydrogen-bond acceptors (Lipinski definition) is 5. The van der Waals surface area contributed by atoms with Crippen LogP contribution in [0.1, 0.15) is 15.9 Å². The molecule has 0 aliphatic carbocycles. The third-order valence-electron chi connectivity index (χ3n) is 5.43. The summed E-state index contributed by atoms with van der Waals surface area (Å²) in [7, 11) is 0. The molecule has 1 aromatic heterocycles. The van der Waals surface area contributed by atoms with Crippen molar-refractivity contribution in [2.45, 2.75) is 12.7 Å². The number of amides is 1. The molecule has 1 saturated heterocycles. The lowest BCUT2D eigenvalue weighted by molar-refractivity contribution is -0.192. The molecule has 0 atom stereocenters. The van der Waals surface area contributed by atoms with Crippen LogP contribution in [-0.4, -0.2) is 54.3 Å². The average Bonchev–Trinajstić information content (AvgIpc) is 2.88. The van der Waals surface area contributed by atoms with Gasteiger partial charge in [-0.25, -0.2) is 9.18 Å². The summed E-state index contributed by atoms with van der Waals surface area (Å²) in [5, 5.41) is 10.0. The fourth-order valence-corrected chi connectivity index (χ4v) is 4.03. The van der Waals surface area contributed by atoms with E-state index in [1.807, 2.05) is 42.7 Å². The number of alkyl halides is 3. The van der Waals surface area contributed by atoms with E-state index in [2.05, 4.69) is 36.0 Å². The highest BCUT2D eigenvalue weighted by molar-refractivity contribution is 9.10. The van der Waals surface area contributed by atoms with Crippen molar-refractivity contribution in [2.75, 3.05) is 36.0 Å². The summed E-state index contributed by atoms with van der Waals surface area (Å²) in [6.45, 7) is 3.90. The van der Waals surface area contributed by atoms with Crippen LogP contribution in [0, 0.1) is 5.82 Å². The molecule has 7 nitrogen and oxygen atoms in total. The van der Waals surface area contributed by atoms with Gasteiger partial charge in [0.25, 0.3) is 5.91 Å². The van der Waals surface area contributed by atoms with Crippen molar-refractivity contribution >= 4 is 39.2 Å². The molecule has 196 valence electrons. The number of pyridine rings is 1. The van der Waals surface area contributed by atoms with Crippen LogP contribution in [0.25, 0.3) is 0 Å². The van der Waals surface area contributed by atoms with E-state index in [1.165, 1.54) is 17.8 Å². The van der Waals surface area contributed by atoms with Crippen LogP contribution < -0.4 is 15.1 Å². The van der Waals surface area contributed by atoms with Crippen molar-refractivity contribution in [1.82, 2.24) is 10.3 Å². The Hall–Kier alpha value is -3.67. The van der Waals surface area contributed by atoms with Crippen LogP contribution in [0.4, 0.5) is 28.9 Å². The Bertz CT molecular complexity index is 1200. The Labute approximate surface area is 218 Å². The van der Waals surface area contributed by atoms with Gasteiger partial charge in [0.05, 0.1) is 0 Å². The molecule has 1 fully saturated rings. The van der Waals surface area contributed by atoms with Gasteiger partial charge in [-0.2, -0.15) is 13.2 Å². The summed E-state index contributed by atoms with van der Waals surface area (Å²) in [4.78, 5) is 30.3. The molecule has 12 heteroatoms. The lowest BCUT2D eigenvalue weighted by Crippen LogP contribution is -2.46. The smallest absolute Gasteiger partial charge is 0.475 e. The molecule has 0 unspecified atom stereocenters. The molecule has 0 radical (unpaired) electrons. The van der Waals surface area contributed by atoms with E-state index in [0.717, 1.165) is 41.9 Å². The fourth-order valence-electron chi connectivity index (χ4n) is 3.55. The summed E-state index contributed by atoms with van der Waals surface area (Å²) in [5.74, 6) is -3.20. The minimum atomic E-state index is -5.08. The highest BCUT2D eigenvalue weighted by Crippen LogP contribution is 2.25. The summed E-state index contributed by atoms with van der Waals surface area (Å²) in [5.41, 5.74) is 3.65.